The first-order valence-electron chi connectivity index (χ1n) is 11.0. The van der Waals surface area contributed by atoms with Crippen LogP contribution in [0.2, 0.25) is 5.15 Å². The minimum absolute atomic E-state index is 0.120. The highest BCUT2D eigenvalue weighted by molar-refractivity contribution is 6.33. The van der Waals surface area contributed by atoms with E-state index < -0.39 is 18.1 Å². The van der Waals surface area contributed by atoms with Crippen molar-refractivity contribution < 1.29 is 24.4 Å². The van der Waals surface area contributed by atoms with Gasteiger partial charge in [-0.2, -0.15) is 0 Å². The monoisotopic (exact) mass is 484 g/mol. The molecule has 2 unspecified atom stereocenters. The van der Waals surface area contributed by atoms with Gasteiger partial charge in [-0.25, -0.2) is 9.97 Å². The lowest BCUT2D eigenvalue weighted by Gasteiger charge is -2.27. The zero-order valence-electron chi connectivity index (χ0n) is 18.8. The van der Waals surface area contributed by atoms with Gasteiger partial charge in [0.1, 0.15) is 35.6 Å². The highest BCUT2D eigenvalue weighted by Gasteiger charge is 2.41. The fraction of sp³-hybridized carbons (Fsp3) is 0.375. The number of hydrogen-bond acceptors (Lipinski definition) is 8. The molecule has 1 saturated heterocycles. The van der Waals surface area contributed by atoms with E-state index in [1.807, 2.05) is 41.1 Å². The molecular weight excluding hydrogens is 460 g/mol. The van der Waals surface area contributed by atoms with E-state index in [0.717, 1.165) is 10.9 Å². The third kappa shape index (κ3) is 4.70. The Hall–Kier alpha value is -2.82. The lowest BCUT2D eigenvalue weighted by Crippen LogP contribution is -2.33. The molecule has 9 nitrogen and oxygen atoms in total. The van der Waals surface area contributed by atoms with E-state index in [2.05, 4.69) is 15.0 Å². The summed E-state index contributed by atoms with van der Waals surface area (Å²) in [6.07, 6.45) is 2.47. The molecule has 3 atom stereocenters. The summed E-state index contributed by atoms with van der Waals surface area (Å²) in [4.78, 5) is 12.8. The first-order chi connectivity index (χ1) is 16.3. The van der Waals surface area contributed by atoms with Crippen molar-refractivity contribution in [2.24, 2.45) is 0 Å². The van der Waals surface area contributed by atoms with Crippen LogP contribution in [0.5, 0.6) is 5.75 Å². The van der Waals surface area contributed by atoms with Crippen LogP contribution >= 0.6 is 11.6 Å². The molecule has 2 N–H and O–H groups in total. The molecule has 34 heavy (non-hydrogen) atoms. The number of benzene rings is 1. The summed E-state index contributed by atoms with van der Waals surface area (Å²) in [5, 5.41) is 21.7. The second-order valence-electron chi connectivity index (χ2n) is 8.74. The molecule has 0 aliphatic carbocycles. The molecule has 1 fully saturated rings. The van der Waals surface area contributed by atoms with Crippen LogP contribution in [0.25, 0.3) is 21.9 Å². The van der Waals surface area contributed by atoms with Crippen LogP contribution in [-0.4, -0.2) is 54.3 Å². The highest BCUT2D eigenvalue weighted by atomic mass is 35.5. The molecule has 1 aliphatic heterocycles. The Morgan fingerprint density at radius 3 is 2.82 bits per heavy atom. The van der Waals surface area contributed by atoms with Gasteiger partial charge in [-0.05, 0) is 38.1 Å². The van der Waals surface area contributed by atoms with Crippen molar-refractivity contribution in [2.75, 3.05) is 6.61 Å². The molecule has 1 aromatic carbocycles. The molecular formula is C24H25ClN4O5. The number of rotatable bonds is 7. The maximum atomic E-state index is 10.3. The summed E-state index contributed by atoms with van der Waals surface area (Å²) in [7, 11) is 0. The number of aliphatic hydroxyl groups excluding tert-OH is 1. The second kappa shape index (κ2) is 9.09. The number of aromatic nitrogens is 4. The first-order valence-corrected chi connectivity index (χ1v) is 11.3. The quantitative estimate of drug-likeness (QED) is 0.302. The molecule has 0 saturated carbocycles. The Morgan fingerprint density at radius 2 is 2.03 bits per heavy atom. The fourth-order valence-electron chi connectivity index (χ4n) is 4.20. The summed E-state index contributed by atoms with van der Waals surface area (Å²) in [6.45, 7) is 3.33. The molecule has 4 heterocycles. The Bertz CT molecular complexity index is 1320. The van der Waals surface area contributed by atoms with E-state index in [4.69, 9.17) is 25.8 Å². The zero-order valence-corrected chi connectivity index (χ0v) is 19.5. The topological polar surface area (TPSA) is 112 Å². The average molecular weight is 485 g/mol. The summed E-state index contributed by atoms with van der Waals surface area (Å²) >= 11 is 6.21. The first kappa shape index (κ1) is 22.9. The number of hydrogen-bond donors (Lipinski definition) is 2. The molecule has 0 radical (unpaired) electrons. The molecule has 0 spiro atoms. The molecule has 0 bridgehead atoms. The highest BCUT2D eigenvalue weighted by Crippen LogP contribution is 2.36. The molecule has 1 aliphatic rings. The normalized spacial score (nSPS) is 20.9. The Balaban J connectivity index is 1.35. The van der Waals surface area contributed by atoms with Crippen LogP contribution in [0.15, 0.2) is 48.9 Å². The smallest absolute Gasteiger partial charge is 0.162 e. The van der Waals surface area contributed by atoms with Crippen molar-refractivity contribution in [1.82, 2.24) is 19.5 Å². The van der Waals surface area contributed by atoms with E-state index in [1.54, 1.807) is 19.9 Å². The lowest BCUT2D eigenvalue weighted by molar-refractivity contribution is -0.222. The van der Waals surface area contributed by atoms with Crippen LogP contribution in [0.1, 0.15) is 32.2 Å². The third-order valence-corrected chi connectivity index (χ3v) is 5.94. The minimum Gasteiger partial charge on any atom is -0.491 e. The minimum atomic E-state index is -1.34. The lowest BCUT2D eigenvalue weighted by atomic mass is 10.2. The number of aliphatic hydroxyl groups is 2. The van der Waals surface area contributed by atoms with Crippen molar-refractivity contribution in [3.8, 4) is 5.75 Å². The zero-order chi connectivity index (χ0) is 23.9. The molecule has 178 valence electrons. The summed E-state index contributed by atoms with van der Waals surface area (Å²) in [5.41, 5.74) is 1.96. The van der Waals surface area contributed by atoms with Crippen LogP contribution in [-0.2, 0) is 16.1 Å². The largest absolute Gasteiger partial charge is 0.491 e. The van der Waals surface area contributed by atoms with Crippen LogP contribution < -0.4 is 4.74 Å². The van der Waals surface area contributed by atoms with Gasteiger partial charge in [0.05, 0.1) is 29.3 Å². The van der Waals surface area contributed by atoms with Crippen molar-refractivity contribution in [2.45, 2.75) is 51.1 Å². The summed E-state index contributed by atoms with van der Waals surface area (Å²) in [6, 6.07) is 11.2. The maximum Gasteiger partial charge on any atom is 0.162 e. The number of pyridine rings is 1. The summed E-state index contributed by atoms with van der Waals surface area (Å²) < 4.78 is 20.1. The van der Waals surface area contributed by atoms with Crippen LogP contribution in [0.4, 0.5) is 0 Å². The Kier molecular flexibility index (Phi) is 6.13. The van der Waals surface area contributed by atoms with Gasteiger partial charge in [-0.15, -0.1) is 0 Å². The molecule has 10 heteroatoms. The predicted molar refractivity (Wildman–Crippen MR) is 125 cm³/mol. The number of halogens is 1. The molecule has 3 aromatic heterocycles. The standard InChI is InChI=1S/C24H25ClN4O5/c1-24(2,31)34-20-10-17(33-23(20)29-8-7-18-21(25)26-13-27-22(18)29)12-32-16-6-4-14-3-5-15(11-30)28-19(14)9-16/h3-9,13,17,20,23,30-31H,10-12H2,1-2H3/t17?,20-,23?/m1/s1. The maximum absolute atomic E-state index is 10.3. The van der Waals surface area contributed by atoms with Crippen molar-refractivity contribution >= 4 is 33.5 Å². The average Bonchev–Trinajstić information content (AvgIpc) is 3.40. The summed E-state index contributed by atoms with van der Waals surface area (Å²) in [5.74, 6) is -0.695. The second-order valence-corrected chi connectivity index (χ2v) is 9.10. The van der Waals surface area contributed by atoms with E-state index in [-0.39, 0.29) is 19.3 Å². The van der Waals surface area contributed by atoms with Gasteiger partial charge in [-0.3, -0.25) is 4.98 Å². The third-order valence-electron chi connectivity index (χ3n) is 5.64. The van der Waals surface area contributed by atoms with Crippen molar-refractivity contribution in [3.63, 3.8) is 0 Å². The van der Waals surface area contributed by atoms with E-state index in [1.165, 1.54) is 6.33 Å². The number of ether oxygens (including phenoxy) is 3. The predicted octanol–water partition coefficient (Wildman–Crippen LogP) is 3.61. The molecule has 4 aromatic rings. The Labute approximate surface area is 200 Å². The van der Waals surface area contributed by atoms with Gasteiger partial charge in [0.25, 0.3) is 0 Å². The van der Waals surface area contributed by atoms with Crippen LogP contribution in [0.3, 0.4) is 0 Å². The van der Waals surface area contributed by atoms with Gasteiger partial charge >= 0.3 is 0 Å². The van der Waals surface area contributed by atoms with Crippen LogP contribution in [0, 0.1) is 0 Å². The van der Waals surface area contributed by atoms with E-state index >= 15 is 0 Å². The van der Waals surface area contributed by atoms with Crippen molar-refractivity contribution in [1.29, 1.82) is 0 Å². The van der Waals surface area contributed by atoms with E-state index in [9.17, 15) is 10.2 Å². The van der Waals surface area contributed by atoms with Crippen molar-refractivity contribution in [3.05, 3.63) is 59.8 Å². The SMILES string of the molecule is CC(C)(O)O[C@@H]1CC(COc2ccc3ccc(CO)nc3c2)OC1n1ccc2c(Cl)ncnc21. The number of fused-ring (bicyclic) bond motifs is 2. The Morgan fingerprint density at radius 1 is 1.21 bits per heavy atom. The van der Waals surface area contributed by atoms with Gasteiger partial charge in [0, 0.05) is 24.1 Å². The van der Waals surface area contributed by atoms with Gasteiger partial charge < -0.3 is 29.0 Å². The molecule has 0 amide bonds. The number of nitrogens with zero attached hydrogens (tertiary/aromatic N) is 4. The fourth-order valence-corrected chi connectivity index (χ4v) is 4.39. The van der Waals surface area contributed by atoms with E-state index in [0.29, 0.717) is 34.1 Å². The molecule has 5 rings (SSSR count). The van der Waals surface area contributed by atoms with Gasteiger partial charge in [0.2, 0.25) is 0 Å². The van der Waals surface area contributed by atoms with Gasteiger partial charge in [0.15, 0.2) is 12.0 Å². The van der Waals surface area contributed by atoms with Gasteiger partial charge in [-0.1, -0.05) is 17.7 Å².